The van der Waals surface area contributed by atoms with Gasteiger partial charge in [0.1, 0.15) is 5.02 Å². The van der Waals surface area contributed by atoms with Crippen molar-refractivity contribution in [2.75, 3.05) is 26.0 Å². The summed E-state index contributed by atoms with van der Waals surface area (Å²) in [5, 5.41) is 14.3. The van der Waals surface area contributed by atoms with E-state index in [-0.39, 0.29) is 16.8 Å². The SMILES string of the molecule is Cc1cc([N+](=O)[O-])c(Cl)cc1NC(C)CCN(C)C. The monoisotopic (exact) mass is 285 g/mol. The van der Waals surface area contributed by atoms with Crippen LogP contribution in [0.15, 0.2) is 12.1 Å². The van der Waals surface area contributed by atoms with Crippen LogP contribution in [0.4, 0.5) is 11.4 Å². The van der Waals surface area contributed by atoms with E-state index in [0.717, 1.165) is 24.2 Å². The first-order valence-corrected chi connectivity index (χ1v) is 6.55. The quantitative estimate of drug-likeness (QED) is 0.643. The van der Waals surface area contributed by atoms with E-state index in [1.807, 2.05) is 21.0 Å². The van der Waals surface area contributed by atoms with Gasteiger partial charge in [-0.3, -0.25) is 10.1 Å². The fourth-order valence-electron chi connectivity index (χ4n) is 1.75. The van der Waals surface area contributed by atoms with Gasteiger partial charge in [-0.2, -0.15) is 0 Å². The highest BCUT2D eigenvalue weighted by Crippen LogP contribution is 2.30. The molecule has 0 saturated heterocycles. The fourth-order valence-corrected chi connectivity index (χ4v) is 1.98. The molecule has 106 valence electrons. The molecule has 19 heavy (non-hydrogen) atoms. The Morgan fingerprint density at radius 2 is 2.11 bits per heavy atom. The summed E-state index contributed by atoms with van der Waals surface area (Å²) in [4.78, 5) is 12.4. The summed E-state index contributed by atoms with van der Waals surface area (Å²) < 4.78 is 0. The van der Waals surface area contributed by atoms with Gasteiger partial charge in [-0.15, -0.1) is 0 Å². The molecule has 5 nitrogen and oxygen atoms in total. The topological polar surface area (TPSA) is 58.4 Å². The van der Waals surface area contributed by atoms with Crippen molar-refractivity contribution in [3.05, 3.63) is 32.8 Å². The standard InChI is InChI=1S/C13H20ClN3O2/c1-9-7-13(17(18)19)11(14)8-12(9)15-10(2)5-6-16(3)4/h7-8,10,15H,5-6H2,1-4H3. The predicted molar refractivity (Wildman–Crippen MR) is 79.1 cm³/mol. The van der Waals surface area contributed by atoms with Crippen LogP contribution in [0.2, 0.25) is 5.02 Å². The smallest absolute Gasteiger partial charge is 0.288 e. The molecule has 1 aromatic rings. The third-order valence-corrected chi connectivity index (χ3v) is 3.20. The van der Waals surface area contributed by atoms with E-state index in [1.165, 1.54) is 6.07 Å². The van der Waals surface area contributed by atoms with Crippen molar-refractivity contribution in [1.29, 1.82) is 0 Å². The van der Waals surface area contributed by atoms with Crippen molar-refractivity contribution in [3.63, 3.8) is 0 Å². The molecule has 1 atom stereocenters. The molecule has 0 aliphatic carbocycles. The number of nitro groups is 1. The van der Waals surface area contributed by atoms with E-state index >= 15 is 0 Å². The number of halogens is 1. The summed E-state index contributed by atoms with van der Waals surface area (Å²) in [5.74, 6) is 0. The maximum atomic E-state index is 10.8. The first kappa shape index (κ1) is 15.7. The molecule has 0 amide bonds. The maximum absolute atomic E-state index is 10.8. The molecule has 1 aromatic carbocycles. The molecular formula is C13H20ClN3O2. The molecule has 0 radical (unpaired) electrons. The van der Waals surface area contributed by atoms with E-state index in [4.69, 9.17) is 11.6 Å². The molecular weight excluding hydrogens is 266 g/mol. The van der Waals surface area contributed by atoms with Crippen molar-refractivity contribution in [1.82, 2.24) is 4.90 Å². The molecule has 0 aliphatic heterocycles. The van der Waals surface area contributed by atoms with Crippen LogP contribution in [0.3, 0.4) is 0 Å². The summed E-state index contributed by atoms with van der Waals surface area (Å²) in [5.41, 5.74) is 1.63. The van der Waals surface area contributed by atoms with Gasteiger partial charge >= 0.3 is 0 Å². The minimum Gasteiger partial charge on any atom is -0.382 e. The van der Waals surface area contributed by atoms with Crippen molar-refractivity contribution in [2.24, 2.45) is 0 Å². The molecule has 0 spiro atoms. The van der Waals surface area contributed by atoms with Gasteiger partial charge in [0.25, 0.3) is 5.69 Å². The fraction of sp³-hybridized carbons (Fsp3) is 0.538. The first-order chi connectivity index (χ1) is 8.81. The molecule has 6 heteroatoms. The van der Waals surface area contributed by atoms with Crippen LogP contribution in [-0.4, -0.2) is 36.5 Å². The average Bonchev–Trinajstić information content (AvgIpc) is 2.30. The maximum Gasteiger partial charge on any atom is 0.288 e. The summed E-state index contributed by atoms with van der Waals surface area (Å²) >= 11 is 5.92. The van der Waals surface area contributed by atoms with Gasteiger partial charge < -0.3 is 10.2 Å². The third kappa shape index (κ3) is 4.69. The molecule has 0 fully saturated rings. The number of anilines is 1. The second-order valence-corrected chi connectivity index (χ2v) is 5.42. The summed E-state index contributed by atoms with van der Waals surface area (Å²) in [6.07, 6.45) is 0.987. The van der Waals surface area contributed by atoms with Crippen molar-refractivity contribution >= 4 is 23.0 Å². The number of rotatable bonds is 6. The Kier molecular flexibility index (Phi) is 5.57. The van der Waals surface area contributed by atoms with E-state index < -0.39 is 4.92 Å². The zero-order valence-corrected chi connectivity index (χ0v) is 12.5. The second-order valence-electron chi connectivity index (χ2n) is 5.01. The van der Waals surface area contributed by atoms with Crippen LogP contribution >= 0.6 is 11.6 Å². The zero-order chi connectivity index (χ0) is 14.6. The zero-order valence-electron chi connectivity index (χ0n) is 11.7. The Morgan fingerprint density at radius 1 is 1.47 bits per heavy atom. The molecule has 0 saturated carbocycles. The van der Waals surface area contributed by atoms with E-state index in [2.05, 4.69) is 17.1 Å². The van der Waals surface area contributed by atoms with Gasteiger partial charge in [-0.25, -0.2) is 0 Å². The Balaban J connectivity index is 2.79. The van der Waals surface area contributed by atoms with E-state index in [9.17, 15) is 10.1 Å². The van der Waals surface area contributed by atoms with Gasteiger partial charge in [0.15, 0.2) is 0 Å². The number of hydrogen-bond donors (Lipinski definition) is 1. The van der Waals surface area contributed by atoms with Gasteiger partial charge in [0.05, 0.1) is 4.92 Å². The summed E-state index contributed by atoms with van der Waals surface area (Å²) in [6, 6.07) is 3.41. The van der Waals surface area contributed by atoms with Crippen LogP contribution in [-0.2, 0) is 0 Å². The van der Waals surface area contributed by atoms with E-state index in [0.29, 0.717) is 0 Å². The minimum absolute atomic E-state index is 0.0503. The Hall–Kier alpha value is -1.33. The highest BCUT2D eigenvalue weighted by atomic mass is 35.5. The molecule has 0 aliphatic rings. The average molecular weight is 286 g/mol. The molecule has 0 bridgehead atoms. The molecule has 1 rings (SSSR count). The Bertz CT molecular complexity index is 463. The van der Waals surface area contributed by atoms with Crippen LogP contribution in [0, 0.1) is 17.0 Å². The highest BCUT2D eigenvalue weighted by Gasteiger charge is 2.15. The van der Waals surface area contributed by atoms with E-state index in [1.54, 1.807) is 6.07 Å². The van der Waals surface area contributed by atoms with Gasteiger partial charge in [-0.1, -0.05) is 11.6 Å². The number of nitrogens with one attached hydrogen (secondary N) is 1. The Morgan fingerprint density at radius 3 is 2.63 bits per heavy atom. The third-order valence-electron chi connectivity index (χ3n) is 2.90. The lowest BCUT2D eigenvalue weighted by Gasteiger charge is -2.19. The Labute approximate surface area is 118 Å². The van der Waals surface area contributed by atoms with Gasteiger partial charge in [0.2, 0.25) is 0 Å². The van der Waals surface area contributed by atoms with Crippen LogP contribution in [0.25, 0.3) is 0 Å². The lowest BCUT2D eigenvalue weighted by atomic mass is 10.1. The minimum atomic E-state index is -0.464. The van der Waals surface area contributed by atoms with Crippen molar-refractivity contribution in [2.45, 2.75) is 26.3 Å². The van der Waals surface area contributed by atoms with Crippen LogP contribution < -0.4 is 5.32 Å². The number of nitrogens with zero attached hydrogens (tertiary/aromatic N) is 2. The number of aryl methyl sites for hydroxylation is 1. The second kappa shape index (κ2) is 6.73. The number of hydrogen-bond acceptors (Lipinski definition) is 4. The molecule has 0 heterocycles. The van der Waals surface area contributed by atoms with Gasteiger partial charge in [0, 0.05) is 17.8 Å². The largest absolute Gasteiger partial charge is 0.382 e. The first-order valence-electron chi connectivity index (χ1n) is 6.17. The molecule has 1 unspecified atom stereocenters. The van der Waals surface area contributed by atoms with Crippen LogP contribution in [0.5, 0.6) is 0 Å². The lowest BCUT2D eigenvalue weighted by molar-refractivity contribution is -0.384. The predicted octanol–water partition coefficient (Wildman–Crippen LogP) is 3.31. The highest BCUT2D eigenvalue weighted by molar-refractivity contribution is 6.33. The molecule has 0 aromatic heterocycles. The number of benzene rings is 1. The number of nitro benzene ring substituents is 1. The normalized spacial score (nSPS) is 12.5. The molecule has 1 N–H and O–H groups in total. The summed E-state index contributed by atoms with van der Waals surface area (Å²) in [6.45, 7) is 4.90. The summed E-state index contributed by atoms with van der Waals surface area (Å²) in [7, 11) is 4.06. The van der Waals surface area contributed by atoms with Crippen molar-refractivity contribution < 1.29 is 4.92 Å². The van der Waals surface area contributed by atoms with Crippen molar-refractivity contribution in [3.8, 4) is 0 Å². The lowest BCUT2D eigenvalue weighted by Crippen LogP contribution is -2.23. The van der Waals surface area contributed by atoms with Gasteiger partial charge in [-0.05, 0) is 52.5 Å². The van der Waals surface area contributed by atoms with Crippen LogP contribution in [0.1, 0.15) is 18.9 Å².